The van der Waals surface area contributed by atoms with Gasteiger partial charge in [-0.2, -0.15) is 0 Å². The molecule has 1 rings (SSSR count). The van der Waals surface area contributed by atoms with Crippen LogP contribution in [0.5, 0.6) is 0 Å². The molecular weight excluding hydrogens is 218 g/mol. The zero-order valence-electron chi connectivity index (χ0n) is 11.2. The van der Waals surface area contributed by atoms with E-state index in [0.29, 0.717) is 6.04 Å². The number of unbranched alkanes of at least 4 members (excludes halogenated alkanes) is 1. The predicted octanol–water partition coefficient (Wildman–Crippen LogP) is 1.88. The number of carbonyl (C=O) groups excluding carboxylic acids is 1. The summed E-state index contributed by atoms with van der Waals surface area (Å²) in [6, 6.07) is 0.218. The molecule has 3 atom stereocenters. The van der Waals surface area contributed by atoms with Crippen molar-refractivity contribution in [3.05, 3.63) is 0 Å². The van der Waals surface area contributed by atoms with E-state index in [4.69, 9.17) is 9.47 Å². The second kappa shape index (κ2) is 7.67. The fourth-order valence-electron chi connectivity index (χ4n) is 2.25. The number of methoxy groups -OCH3 is 1. The maximum atomic E-state index is 11.7. The molecule has 0 aromatic carbocycles. The van der Waals surface area contributed by atoms with Gasteiger partial charge in [0.2, 0.25) is 0 Å². The highest BCUT2D eigenvalue weighted by Gasteiger charge is 2.25. The molecule has 1 N–H and O–H groups in total. The van der Waals surface area contributed by atoms with E-state index in [1.807, 2.05) is 0 Å². The van der Waals surface area contributed by atoms with Gasteiger partial charge in [0.05, 0.1) is 13.2 Å². The van der Waals surface area contributed by atoms with Crippen LogP contribution in [0.3, 0.4) is 0 Å². The minimum absolute atomic E-state index is 0.141. The Morgan fingerprint density at radius 2 is 2.35 bits per heavy atom. The lowest BCUT2D eigenvalue weighted by Crippen LogP contribution is -2.47. The number of nitrogens with one attached hydrogen (secondary N) is 1. The van der Waals surface area contributed by atoms with Gasteiger partial charge in [-0.05, 0) is 26.2 Å². The molecule has 4 nitrogen and oxygen atoms in total. The van der Waals surface area contributed by atoms with E-state index in [1.54, 1.807) is 0 Å². The quantitative estimate of drug-likeness (QED) is 0.724. The van der Waals surface area contributed by atoms with Gasteiger partial charge in [0, 0.05) is 12.6 Å². The molecule has 4 heteroatoms. The molecule has 17 heavy (non-hydrogen) atoms. The second-order valence-electron chi connectivity index (χ2n) is 4.79. The summed E-state index contributed by atoms with van der Waals surface area (Å²) in [7, 11) is 1.45. The van der Waals surface area contributed by atoms with Crippen molar-refractivity contribution < 1.29 is 14.3 Å². The highest BCUT2D eigenvalue weighted by molar-refractivity contribution is 5.75. The maximum absolute atomic E-state index is 11.7. The van der Waals surface area contributed by atoms with Crippen molar-refractivity contribution in [2.45, 2.75) is 64.1 Å². The van der Waals surface area contributed by atoms with Gasteiger partial charge >= 0.3 is 5.97 Å². The summed E-state index contributed by atoms with van der Waals surface area (Å²) < 4.78 is 10.3. The molecule has 1 aliphatic heterocycles. The van der Waals surface area contributed by atoms with Crippen LogP contribution in [0.4, 0.5) is 0 Å². The molecule has 0 saturated carbocycles. The Labute approximate surface area is 104 Å². The summed E-state index contributed by atoms with van der Waals surface area (Å²) in [5.74, 6) is -0.141. The molecule has 0 radical (unpaired) electrons. The standard InChI is InChI=1S/C13H25NO3/c1-4-5-6-12(13(15)16-3)14-11-7-8-17-10(2)9-11/h10-12,14H,4-9H2,1-3H3. The zero-order chi connectivity index (χ0) is 12.7. The van der Waals surface area contributed by atoms with Crippen molar-refractivity contribution in [3.8, 4) is 0 Å². The molecule has 0 spiro atoms. The van der Waals surface area contributed by atoms with E-state index in [9.17, 15) is 4.79 Å². The number of carbonyl (C=O) groups is 1. The van der Waals surface area contributed by atoms with E-state index in [2.05, 4.69) is 19.2 Å². The third-order valence-corrected chi connectivity index (χ3v) is 3.25. The normalized spacial score (nSPS) is 26.5. The monoisotopic (exact) mass is 243 g/mol. The SMILES string of the molecule is CCCCC(NC1CCOC(C)C1)C(=O)OC. The second-order valence-corrected chi connectivity index (χ2v) is 4.79. The predicted molar refractivity (Wildman–Crippen MR) is 66.9 cm³/mol. The molecule has 0 aromatic rings. The van der Waals surface area contributed by atoms with Crippen molar-refractivity contribution in [3.63, 3.8) is 0 Å². The first-order valence-corrected chi connectivity index (χ1v) is 6.62. The Kier molecular flexibility index (Phi) is 6.52. The van der Waals surface area contributed by atoms with E-state index in [-0.39, 0.29) is 18.1 Å². The summed E-state index contributed by atoms with van der Waals surface area (Å²) in [6.07, 6.45) is 5.23. The van der Waals surface area contributed by atoms with Crippen LogP contribution in [-0.2, 0) is 14.3 Å². The zero-order valence-corrected chi connectivity index (χ0v) is 11.2. The molecule has 3 unspecified atom stereocenters. The van der Waals surface area contributed by atoms with Gasteiger partial charge in [0.1, 0.15) is 6.04 Å². The molecule has 0 amide bonds. The van der Waals surface area contributed by atoms with E-state index >= 15 is 0 Å². The Bertz CT molecular complexity index is 233. The van der Waals surface area contributed by atoms with E-state index in [0.717, 1.165) is 38.7 Å². The van der Waals surface area contributed by atoms with Crippen molar-refractivity contribution in [1.82, 2.24) is 5.32 Å². The minimum Gasteiger partial charge on any atom is -0.468 e. The van der Waals surface area contributed by atoms with Crippen LogP contribution >= 0.6 is 0 Å². The molecule has 1 heterocycles. The first kappa shape index (κ1) is 14.5. The Morgan fingerprint density at radius 3 is 2.94 bits per heavy atom. The lowest BCUT2D eigenvalue weighted by molar-refractivity contribution is -0.143. The molecule has 0 aliphatic carbocycles. The summed E-state index contributed by atoms with van der Waals surface area (Å²) in [6.45, 7) is 4.98. The van der Waals surface area contributed by atoms with Crippen LogP contribution in [0.15, 0.2) is 0 Å². The van der Waals surface area contributed by atoms with Crippen LogP contribution in [0.2, 0.25) is 0 Å². The van der Waals surface area contributed by atoms with Gasteiger partial charge in [-0.1, -0.05) is 19.8 Å². The number of ether oxygens (including phenoxy) is 2. The Balaban J connectivity index is 2.43. The molecule has 0 bridgehead atoms. The van der Waals surface area contributed by atoms with Crippen LogP contribution in [0.25, 0.3) is 0 Å². The average molecular weight is 243 g/mol. The number of hydrogen-bond acceptors (Lipinski definition) is 4. The first-order valence-electron chi connectivity index (χ1n) is 6.62. The van der Waals surface area contributed by atoms with Gasteiger partial charge < -0.3 is 14.8 Å². The highest BCUT2D eigenvalue weighted by atomic mass is 16.5. The third-order valence-electron chi connectivity index (χ3n) is 3.25. The highest BCUT2D eigenvalue weighted by Crippen LogP contribution is 2.15. The number of hydrogen-bond donors (Lipinski definition) is 1. The van der Waals surface area contributed by atoms with Gasteiger partial charge in [0.15, 0.2) is 0 Å². The van der Waals surface area contributed by atoms with Crippen molar-refractivity contribution in [1.29, 1.82) is 0 Å². The van der Waals surface area contributed by atoms with Gasteiger partial charge in [0.25, 0.3) is 0 Å². The minimum atomic E-state index is -0.157. The van der Waals surface area contributed by atoms with Gasteiger partial charge in [-0.15, -0.1) is 0 Å². The molecule has 1 aliphatic rings. The molecule has 1 saturated heterocycles. The summed E-state index contributed by atoms with van der Waals surface area (Å²) in [4.78, 5) is 11.7. The third kappa shape index (κ3) is 5.04. The van der Waals surface area contributed by atoms with E-state index < -0.39 is 0 Å². The van der Waals surface area contributed by atoms with Crippen molar-refractivity contribution in [2.24, 2.45) is 0 Å². The largest absolute Gasteiger partial charge is 0.468 e. The smallest absolute Gasteiger partial charge is 0.322 e. The summed E-state index contributed by atoms with van der Waals surface area (Å²) in [5, 5.41) is 3.42. The number of rotatable bonds is 6. The molecule has 1 fully saturated rings. The average Bonchev–Trinajstić information content (AvgIpc) is 2.33. The van der Waals surface area contributed by atoms with Gasteiger partial charge in [-0.3, -0.25) is 4.79 Å². The van der Waals surface area contributed by atoms with Crippen molar-refractivity contribution in [2.75, 3.05) is 13.7 Å². The van der Waals surface area contributed by atoms with Crippen LogP contribution < -0.4 is 5.32 Å². The molecule has 100 valence electrons. The lowest BCUT2D eigenvalue weighted by atomic mass is 10.0. The Hall–Kier alpha value is -0.610. The van der Waals surface area contributed by atoms with Crippen LogP contribution in [0, 0.1) is 0 Å². The summed E-state index contributed by atoms with van der Waals surface area (Å²) in [5.41, 5.74) is 0. The fourth-order valence-corrected chi connectivity index (χ4v) is 2.25. The summed E-state index contributed by atoms with van der Waals surface area (Å²) >= 11 is 0. The molecule has 0 aromatic heterocycles. The van der Waals surface area contributed by atoms with Crippen molar-refractivity contribution >= 4 is 5.97 Å². The number of esters is 1. The topological polar surface area (TPSA) is 47.6 Å². The van der Waals surface area contributed by atoms with E-state index in [1.165, 1.54) is 7.11 Å². The van der Waals surface area contributed by atoms with Crippen LogP contribution in [-0.4, -0.2) is 37.9 Å². The van der Waals surface area contributed by atoms with Crippen LogP contribution in [0.1, 0.15) is 46.0 Å². The Morgan fingerprint density at radius 1 is 1.59 bits per heavy atom. The maximum Gasteiger partial charge on any atom is 0.322 e. The fraction of sp³-hybridized carbons (Fsp3) is 0.923. The van der Waals surface area contributed by atoms with Gasteiger partial charge in [-0.25, -0.2) is 0 Å². The molecular formula is C13H25NO3. The lowest BCUT2D eigenvalue weighted by Gasteiger charge is -2.30. The first-order chi connectivity index (χ1) is 8.17.